The minimum absolute atomic E-state index is 0.0486. The summed E-state index contributed by atoms with van der Waals surface area (Å²) in [7, 11) is -4.64. The summed E-state index contributed by atoms with van der Waals surface area (Å²) in [4.78, 5) is 42.8. The molecule has 5 rings (SSSR count). The molecule has 2 amide bonds. The van der Waals surface area contributed by atoms with Crippen LogP contribution in [0.15, 0.2) is 77.4 Å². The van der Waals surface area contributed by atoms with E-state index < -0.39 is 33.3 Å². The van der Waals surface area contributed by atoms with Gasteiger partial charge in [-0.3, -0.25) is 9.59 Å². The minimum atomic E-state index is -4.64. The maximum Gasteiger partial charge on any atom is 0.333 e. The molecule has 2 aromatic carbocycles. The molecule has 0 aromatic heterocycles. The van der Waals surface area contributed by atoms with E-state index in [1.807, 2.05) is 38.2 Å². The summed E-state index contributed by atoms with van der Waals surface area (Å²) in [5.41, 5.74) is 6.79. The Morgan fingerprint density at radius 3 is 2.33 bits per heavy atom. The number of hydroxylamine groups is 2. The summed E-state index contributed by atoms with van der Waals surface area (Å²) in [6, 6.07) is 11.1. The summed E-state index contributed by atoms with van der Waals surface area (Å²) >= 11 is 0. The molecule has 1 saturated heterocycles. The number of fused-ring (bicyclic) bond motifs is 2. The standard InChI is InChI=1S/C38H45N3O7S/c1-7-39-30-19-17-26(2)24-28(30)37(3,4)32(39)14-10-8-11-15-33-38(5,6)29-25-27(49(45,46)47)18-20-31(29)40(33)23-13-9-12-16-36(44)48-41-34(42)21-22-35(41)43/h8,10-11,14-15,17-20,24-25H,7,9,12-13,16,21-23H2,1-6H3. The first-order chi connectivity index (χ1) is 23.1. The van der Waals surface area contributed by atoms with Crippen LogP contribution in [0.1, 0.15) is 89.8 Å². The van der Waals surface area contributed by atoms with Crippen LogP contribution in [0.5, 0.6) is 0 Å². The number of carbonyl (C=O) groups is 3. The van der Waals surface area contributed by atoms with Gasteiger partial charge in [0.2, 0.25) is 5.69 Å². The highest BCUT2D eigenvalue weighted by Gasteiger charge is 2.44. The van der Waals surface area contributed by atoms with Gasteiger partial charge in [0.05, 0.1) is 10.3 Å². The van der Waals surface area contributed by atoms with Crippen molar-refractivity contribution >= 4 is 45.0 Å². The molecule has 1 fully saturated rings. The van der Waals surface area contributed by atoms with E-state index in [1.54, 1.807) is 6.07 Å². The molecule has 11 heteroatoms. The van der Waals surface area contributed by atoms with E-state index in [2.05, 4.69) is 61.4 Å². The number of anilines is 1. The average Bonchev–Trinajstić information content (AvgIpc) is 3.55. The van der Waals surface area contributed by atoms with Crippen LogP contribution in [0.2, 0.25) is 0 Å². The Bertz CT molecular complexity index is 1900. The number of hydrogen-bond donors (Lipinski definition) is 0. The van der Waals surface area contributed by atoms with E-state index in [-0.39, 0.29) is 29.6 Å². The van der Waals surface area contributed by atoms with Crippen LogP contribution in [0.3, 0.4) is 0 Å². The second-order valence-corrected chi connectivity index (χ2v) is 15.2. The van der Waals surface area contributed by atoms with Gasteiger partial charge >= 0.3 is 5.97 Å². The zero-order chi connectivity index (χ0) is 35.7. The van der Waals surface area contributed by atoms with Gasteiger partial charge in [0.25, 0.3) is 11.8 Å². The number of aryl methyl sites for hydroxylation is 1. The molecule has 260 valence electrons. The number of likely N-dealkylation sites (N-methyl/N-ethyl adjacent to an activating group) is 1. The van der Waals surface area contributed by atoms with Gasteiger partial charge in [-0.15, -0.1) is 5.06 Å². The van der Waals surface area contributed by atoms with Crippen molar-refractivity contribution in [1.82, 2.24) is 5.06 Å². The molecule has 0 radical (unpaired) electrons. The highest BCUT2D eigenvalue weighted by molar-refractivity contribution is 7.85. The van der Waals surface area contributed by atoms with Gasteiger partial charge in [-0.05, 0) is 70.4 Å². The molecule has 0 saturated carbocycles. The molecule has 10 nitrogen and oxygen atoms in total. The zero-order valence-corrected chi connectivity index (χ0v) is 29.9. The molecule has 0 aliphatic carbocycles. The molecule has 0 unspecified atom stereocenters. The summed E-state index contributed by atoms with van der Waals surface area (Å²) in [5.74, 6) is -1.63. The molecule has 0 bridgehead atoms. The summed E-state index contributed by atoms with van der Waals surface area (Å²) in [6.45, 7) is 14.2. The van der Waals surface area contributed by atoms with Crippen molar-refractivity contribution in [3.05, 3.63) is 89.2 Å². The Balaban J connectivity index is 1.33. The van der Waals surface area contributed by atoms with Crippen molar-refractivity contribution in [1.29, 1.82) is 0 Å². The third-order valence-electron chi connectivity index (χ3n) is 9.71. The van der Waals surface area contributed by atoms with Gasteiger partial charge in [0.15, 0.2) is 5.71 Å². The monoisotopic (exact) mass is 687 g/mol. The van der Waals surface area contributed by atoms with E-state index in [4.69, 9.17) is 4.84 Å². The lowest BCUT2D eigenvalue weighted by molar-refractivity contribution is -0.438. The summed E-state index contributed by atoms with van der Waals surface area (Å²) in [5, 5.41) is 0.564. The molecule has 3 aliphatic heterocycles. The van der Waals surface area contributed by atoms with E-state index in [0.29, 0.717) is 30.9 Å². The predicted molar refractivity (Wildman–Crippen MR) is 186 cm³/mol. The fourth-order valence-electron chi connectivity index (χ4n) is 7.06. The van der Waals surface area contributed by atoms with Gasteiger partial charge in [-0.25, -0.2) is 13.2 Å². The van der Waals surface area contributed by atoms with Crippen molar-refractivity contribution in [3.63, 3.8) is 0 Å². The molecule has 0 N–H and O–H groups in total. The highest BCUT2D eigenvalue weighted by atomic mass is 32.2. The zero-order valence-electron chi connectivity index (χ0n) is 29.1. The third-order valence-corrected chi connectivity index (χ3v) is 10.5. The topological polar surface area (TPSA) is 127 Å². The Morgan fingerprint density at radius 1 is 0.939 bits per heavy atom. The Labute approximate surface area is 289 Å². The van der Waals surface area contributed by atoms with Crippen LogP contribution in [0, 0.1) is 6.92 Å². The van der Waals surface area contributed by atoms with E-state index in [9.17, 15) is 27.4 Å². The molecule has 0 atom stereocenters. The first-order valence-electron chi connectivity index (χ1n) is 16.8. The molecule has 0 spiro atoms. The first kappa shape index (κ1) is 35.9. The van der Waals surface area contributed by atoms with Gasteiger partial charge in [0.1, 0.15) is 16.7 Å². The van der Waals surface area contributed by atoms with Gasteiger partial charge in [0, 0.05) is 66.7 Å². The number of unbranched alkanes of at least 4 members (excludes halogenated alkanes) is 2. The quantitative estimate of drug-likeness (QED) is 0.0842. The molecule has 3 heterocycles. The van der Waals surface area contributed by atoms with Crippen LogP contribution in [-0.4, -0.2) is 59.2 Å². The van der Waals surface area contributed by atoms with Gasteiger partial charge in [-0.2, -0.15) is 4.58 Å². The second-order valence-electron chi connectivity index (χ2n) is 13.8. The maximum absolute atomic E-state index is 12.2. The largest absolute Gasteiger partial charge is 0.744 e. The Morgan fingerprint density at radius 2 is 1.65 bits per heavy atom. The number of amides is 2. The number of carbonyl (C=O) groups excluding carboxylic acids is 3. The van der Waals surface area contributed by atoms with Crippen LogP contribution >= 0.6 is 0 Å². The molecule has 49 heavy (non-hydrogen) atoms. The van der Waals surface area contributed by atoms with Crippen LogP contribution in [0.25, 0.3) is 0 Å². The Kier molecular flexibility index (Phi) is 10.2. The van der Waals surface area contributed by atoms with Crippen LogP contribution in [-0.2, 0) is 40.2 Å². The average molecular weight is 688 g/mol. The van der Waals surface area contributed by atoms with Crippen molar-refractivity contribution in [2.75, 3.05) is 18.0 Å². The first-order valence-corrected chi connectivity index (χ1v) is 18.2. The second kappa shape index (κ2) is 13.9. The fourth-order valence-corrected chi connectivity index (χ4v) is 7.56. The number of benzene rings is 2. The minimum Gasteiger partial charge on any atom is -0.744 e. The molecular formula is C38H45N3O7S. The number of imide groups is 1. The lowest BCUT2D eigenvalue weighted by atomic mass is 9.81. The van der Waals surface area contributed by atoms with E-state index in [1.165, 1.54) is 34.6 Å². The van der Waals surface area contributed by atoms with Crippen LogP contribution < -0.4 is 4.90 Å². The normalized spacial score (nSPS) is 19.2. The summed E-state index contributed by atoms with van der Waals surface area (Å²) < 4.78 is 37.8. The Hall–Kier alpha value is -4.35. The van der Waals surface area contributed by atoms with Crippen molar-refractivity contribution in [3.8, 4) is 0 Å². The number of allylic oxidation sites excluding steroid dienone is 6. The molecule has 2 aromatic rings. The van der Waals surface area contributed by atoms with Crippen molar-refractivity contribution in [2.45, 2.75) is 95.8 Å². The SMILES string of the molecule is CCN1C(=CC=CC=CC2=[N+](CCCCCC(=O)ON3C(=O)CCC3=O)c3ccc(S(=O)(=O)[O-])cc3C2(C)C)C(C)(C)c2cc(C)ccc21. The van der Waals surface area contributed by atoms with Crippen molar-refractivity contribution < 1.29 is 36.8 Å². The van der Waals surface area contributed by atoms with E-state index in [0.717, 1.165) is 23.5 Å². The number of rotatable bonds is 12. The third kappa shape index (κ3) is 7.19. The lowest BCUT2D eigenvalue weighted by Gasteiger charge is -2.25. The predicted octanol–water partition coefficient (Wildman–Crippen LogP) is 6.26. The number of nitrogens with zero attached hydrogens (tertiary/aromatic N) is 3. The highest BCUT2D eigenvalue weighted by Crippen LogP contribution is 2.48. The smallest absolute Gasteiger partial charge is 0.333 e. The maximum atomic E-state index is 12.2. The van der Waals surface area contributed by atoms with E-state index >= 15 is 0 Å². The fraction of sp³-hybridized carbons (Fsp3) is 0.421. The number of hydrogen-bond acceptors (Lipinski definition) is 8. The van der Waals surface area contributed by atoms with Crippen molar-refractivity contribution in [2.24, 2.45) is 0 Å². The molecule has 3 aliphatic rings. The lowest BCUT2D eigenvalue weighted by Crippen LogP contribution is -2.31. The molecular weight excluding hydrogens is 642 g/mol. The summed E-state index contributed by atoms with van der Waals surface area (Å²) in [6.07, 6.45) is 12.2. The van der Waals surface area contributed by atoms with Gasteiger partial charge < -0.3 is 14.3 Å². The van der Waals surface area contributed by atoms with Gasteiger partial charge in [-0.1, -0.05) is 49.8 Å². The van der Waals surface area contributed by atoms with Crippen LogP contribution in [0.4, 0.5) is 11.4 Å².